The van der Waals surface area contributed by atoms with Crippen molar-refractivity contribution in [1.82, 2.24) is 4.90 Å². The third kappa shape index (κ3) is 6.30. The summed E-state index contributed by atoms with van der Waals surface area (Å²) in [4.78, 5) is 39.5. The van der Waals surface area contributed by atoms with E-state index in [1.165, 1.54) is 13.2 Å². The van der Waals surface area contributed by atoms with Crippen molar-refractivity contribution < 1.29 is 29.0 Å². The van der Waals surface area contributed by atoms with Crippen LogP contribution in [0.4, 0.5) is 5.69 Å². The zero-order valence-corrected chi connectivity index (χ0v) is 24.3. The lowest BCUT2D eigenvalue weighted by Gasteiger charge is -2.52. The van der Waals surface area contributed by atoms with Crippen LogP contribution in [-0.4, -0.2) is 61.0 Å². The van der Waals surface area contributed by atoms with Crippen molar-refractivity contribution >= 4 is 35.5 Å². The molecule has 1 heterocycles. The maximum atomic E-state index is 13.4. The molecule has 1 amide bonds. The zero-order chi connectivity index (χ0) is 29.0. The van der Waals surface area contributed by atoms with Gasteiger partial charge in [-0.15, -0.1) is 0 Å². The molecule has 0 aromatic heterocycles. The second kappa shape index (κ2) is 12.5. The number of amides is 1. The predicted molar refractivity (Wildman–Crippen MR) is 156 cm³/mol. The Hall–Kier alpha value is -2.94. The van der Waals surface area contributed by atoms with Crippen LogP contribution in [0.15, 0.2) is 42.5 Å². The number of esters is 1. The molecule has 2 aliphatic carbocycles. The van der Waals surface area contributed by atoms with Gasteiger partial charge in [0.15, 0.2) is 11.9 Å². The van der Waals surface area contributed by atoms with Crippen LogP contribution in [0, 0.1) is 11.3 Å². The minimum absolute atomic E-state index is 0.111. The number of carbonyl (C=O) groups excluding carboxylic acids is 3. The number of hydrogen-bond donors (Lipinski definition) is 2. The van der Waals surface area contributed by atoms with Crippen LogP contribution in [0.2, 0.25) is 5.02 Å². The molecule has 3 fully saturated rings. The molecule has 1 spiro atoms. The summed E-state index contributed by atoms with van der Waals surface area (Å²) in [5, 5.41) is 14.8. The number of halogens is 1. The molecular formula is C32H39ClN2O6. The van der Waals surface area contributed by atoms with Gasteiger partial charge in [0.25, 0.3) is 0 Å². The highest BCUT2D eigenvalue weighted by Gasteiger charge is 2.52. The standard InChI is InChI=1S/C32H39ClN2O6/c1-40-28-18-27(26(33)17-22(28)21-36)34-29(37)11-14-35-15-12-31(13-16-35)19-25(20-31)41-30(38)32(39,24-9-5-6-10-24)23-7-3-2-4-8-23/h2-4,7-8,17-18,21,24-25,39H,5-6,9-16,19-20H2,1H3,(H,34,37). The molecule has 2 N–H and O–H groups in total. The highest BCUT2D eigenvalue weighted by Crippen LogP contribution is 2.51. The Labute approximate surface area is 246 Å². The second-order valence-corrected chi connectivity index (χ2v) is 12.3. The van der Waals surface area contributed by atoms with Gasteiger partial charge in [0.1, 0.15) is 11.9 Å². The van der Waals surface area contributed by atoms with Crippen molar-refractivity contribution in [3.8, 4) is 5.75 Å². The molecule has 1 atom stereocenters. The number of aliphatic hydroxyl groups is 1. The van der Waals surface area contributed by atoms with Gasteiger partial charge in [-0.05, 0) is 68.7 Å². The van der Waals surface area contributed by atoms with Crippen LogP contribution in [0.3, 0.4) is 0 Å². The van der Waals surface area contributed by atoms with Crippen LogP contribution >= 0.6 is 11.6 Å². The summed E-state index contributed by atoms with van der Waals surface area (Å²) in [7, 11) is 1.46. The number of nitrogens with zero attached hydrogens (tertiary/aromatic N) is 1. The molecular weight excluding hydrogens is 544 g/mol. The van der Waals surface area contributed by atoms with Crippen molar-refractivity contribution in [1.29, 1.82) is 0 Å². The average molecular weight is 583 g/mol. The normalized spacial score (nSPS) is 20.7. The molecule has 2 saturated carbocycles. The first-order valence-corrected chi connectivity index (χ1v) is 15.0. The minimum atomic E-state index is -1.59. The molecule has 2 aromatic rings. The van der Waals surface area contributed by atoms with Crippen molar-refractivity contribution in [3.63, 3.8) is 0 Å². The molecule has 3 aliphatic rings. The van der Waals surface area contributed by atoms with Crippen LogP contribution in [-0.2, 0) is 19.9 Å². The number of benzene rings is 2. The van der Waals surface area contributed by atoms with Gasteiger partial charge in [0.05, 0.1) is 23.4 Å². The van der Waals surface area contributed by atoms with E-state index in [1.807, 2.05) is 30.3 Å². The maximum absolute atomic E-state index is 13.4. The van der Waals surface area contributed by atoms with Gasteiger partial charge in [0, 0.05) is 24.9 Å². The first kappa shape index (κ1) is 29.5. The third-order valence-electron chi connectivity index (χ3n) is 9.36. The Balaban J connectivity index is 1.08. The van der Waals surface area contributed by atoms with E-state index in [1.54, 1.807) is 6.07 Å². The number of ether oxygens (including phenoxy) is 2. The molecule has 0 bridgehead atoms. The molecule has 1 aliphatic heterocycles. The number of aldehydes is 1. The van der Waals surface area contributed by atoms with Gasteiger partial charge in [-0.1, -0.05) is 54.8 Å². The molecule has 5 rings (SSSR count). The van der Waals surface area contributed by atoms with E-state index in [2.05, 4.69) is 10.2 Å². The third-order valence-corrected chi connectivity index (χ3v) is 9.67. The lowest BCUT2D eigenvalue weighted by molar-refractivity contribution is -0.192. The Morgan fingerprint density at radius 2 is 1.83 bits per heavy atom. The molecule has 220 valence electrons. The van der Waals surface area contributed by atoms with E-state index in [0.717, 1.165) is 64.5 Å². The minimum Gasteiger partial charge on any atom is -0.496 e. The second-order valence-electron chi connectivity index (χ2n) is 11.9. The summed E-state index contributed by atoms with van der Waals surface area (Å²) in [6.45, 7) is 2.40. The van der Waals surface area contributed by atoms with Gasteiger partial charge in [-0.25, -0.2) is 4.79 Å². The van der Waals surface area contributed by atoms with Crippen LogP contribution in [0.1, 0.15) is 73.7 Å². The Morgan fingerprint density at radius 3 is 2.46 bits per heavy atom. The number of carbonyl (C=O) groups is 3. The van der Waals surface area contributed by atoms with Crippen LogP contribution in [0.5, 0.6) is 5.75 Å². The fourth-order valence-electron chi connectivity index (χ4n) is 6.85. The maximum Gasteiger partial charge on any atom is 0.343 e. The summed E-state index contributed by atoms with van der Waals surface area (Å²) in [6, 6.07) is 12.3. The first-order chi connectivity index (χ1) is 19.8. The lowest BCUT2D eigenvalue weighted by Crippen LogP contribution is -2.53. The van der Waals surface area contributed by atoms with Crippen molar-refractivity contribution in [2.75, 3.05) is 32.1 Å². The quantitative estimate of drug-likeness (QED) is 0.287. The summed E-state index contributed by atoms with van der Waals surface area (Å²) < 4.78 is 11.2. The van der Waals surface area contributed by atoms with E-state index in [9.17, 15) is 19.5 Å². The number of anilines is 1. The fourth-order valence-corrected chi connectivity index (χ4v) is 7.07. The number of likely N-dealkylation sites (tertiary alicyclic amines) is 1. The molecule has 41 heavy (non-hydrogen) atoms. The number of rotatable bonds is 10. The first-order valence-electron chi connectivity index (χ1n) is 14.6. The van der Waals surface area contributed by atoms with Crippen LogP contribution < -0.4 is 10.1 Å². The average Bonchev–Trinajstić information content (AvgIpc) is 3.52. The Bertz CT molecular complexity index is 1250. The molecule has 0 radical (unpaired) electrons. The lowest BCUT2D eigenvalue weighted by atomic mass is 9.61. The van der Waals surface area contributed by atoms with Crippen molar-refractivity contribution in [3.05, 3.63) is 58.6 Å². The summed E-state index contributed by atoms with van der Waals surface area (Å²) in [5.41, 5.74) is -0.0594. The van der Waals surface area contributed by atoms with Gasteiger partial charge in [0.2, 0.25) is 5.91 Å². The van der Waals surface area contributed by atoms with E-state index in [4.69, 9.17) is 21.1 Å². The van der Waals surface area contributed by atoms with Gasteiger partial charge < -0.3 is 24.8 Å². The molecule has 8 nitrogen and oxygen atoms in total. The highest BCUT2D eigenvalue weighted by atomic mass is 35.5. The van der Waals surface area contributed by atoms with Crippen molar-refractivity contribution in [2.45, 2.75) is 69.5 Å². The predicted octanol–water partition coefficient (Wildman–Crippen LogP) is 5.36. The number of methoxy groups -OCH3 is 1. The number of hydrogen-bond acceptors (Lipinski definition) is 7. The smallest absolute Gasteiger partial charge is 0.343 e. The van der Waals surface area contributed by atoms with E-state index < -0.39 is 11.6 Å². The summed E-state index contributed by atoms with van der Waals surface area (Å²) in [5.74, 6) is -0.413. The topological polar surface area (TPSA) is 105 Å². The van der Waals surface area contributed by atoms with Crippen molar-refractivity contribution in [2.24, 2.45) is 11.3 Å². The molecule has 2 aromatic carbocycles. The Morgan fingerprint density at radius 1 is 1.15 bits per heavy atom. The van der Waals surface area contributed by atoms with Gasteiger partial charge in [-0.3, -0.25) is 9.59 Å². The van der Waals surface area contributed by atoms with Gasteiger partial charge >= 0.3 is 5.97 Å². The highest BCUT2D eigenvalue weighted by molar-refractivity contribution is 6.34. The van der Waals surface area contributed by atoms with Crippen LogP contribution in [0.25, 0.3) is 0 Å². The molecule has 1 saturated heterocycles. The van der Waals surface area contributed by atoms with E-state index in [-0.39, 0.29) is 28.4 Å². The van der Waals surface area contributed by atoms with E-state index >= 15 is 0 Å². The number of piperidine rings is 1. The Kier molecular flexibility index (Phi) is 9.02. The fraction of sp³-hybridized carbons (Fsp3) is 0.531. The SMILES string of the molecule is COc1cc(NC(=O)CCN2CCC3(CC2)CC(OC(=O)C(O)(c2ccccc2)C2CCCC2)C3)c(Cl)cc1C=O. The molecule has 1 unspecified atom stereocenters. The largest absolute Gasteiger partial charge is 0.496 e. The number of nitrogens with one attached hydrogen (secondary N) is 1. The summed E-state index contributed by atoms with van der Waals surface area (Å²) >= 11 is 6.23. The zero-order valence-electron chi connectivity index (χ0n) is 23.6. The molecule has 9 heteroatoms. The monoisotopic (exact) mass is 582 g/mol. The summed E-state index contributed by atoms with van der Waals surface area (Å²) in [6.07, 6.45) is 8.14. The van der Waals surface area contributed by atoms with E-state index in [0.29, 0.717) is 41.8 Å². The van der Waals surface area contributed by atoms with Gasteiger partial charge in [-0.2, -0.15) is 0 Å².